The molecule has 1 N–H and O–H groups in total. The first-order valence-electron chi connectivity index (χ1n) is 10.5. The molecular weight excluding hydrogens is 412 g/mol. The van der Waals surface area contributed by atoms with Crippen LogP contribution in [-0.2, 0) is 22.4 Å². The first-order valence-corrected chi connectivity index (χ1v) is 11.3. The average molecular weight is 437 g/mol. The molecule has 0 aromatic carbocycles. The highest BCUT2D eigenvalue weighted by atomic mass is 32.1. The van der Waals surface area contributed by atoms with Gasteiger partial charge in [-0.25, -0.2) is 4.79 Å². The number of ether oxygens (including phenoxy) is 1. The lowest BCUT2D eigenvalue weighted by Crippen LogP contribution is -2.30. The number of nitrogens with one attached hydrogen (secondary N) is 1. The second-order valence-electron chi connectivity index (χ2n) is 7.81. The summed E-state index contributed by atoms with van der Waals surface area (Å²) in [6.45, 7) is 1.95. The van der Waals surface area contributed by atoms with E-state index in [-0.39, 0.29) is 17.9 Å². The van der Waals surface area contributed by atoms with E-state index in [9.17, 15) is 14.9 Å². The predicted molar refractivity (Wildman–Crippen MR) is 119 cm³/mol. The molecule has 0 radical (unpaired) electrons. The van der Waals surface area contributed by atoms with Crippen molar-refractivity contribution in [3.8, 4) is 6.07 Å². The zero-order chi connectivity index (χ0) is 21.6. The molecule has 2 amide bonds. The summed E-state index contributed by atoms with van der Waals surface area (Å²) in [5, 5.41) is 13.1. The third-order valence-corrected chi connectivity index (χ3v) is 6.80. The van der Waals surface area contributed by atoms with Crippen LogP contribution in [0.15, 0.2) is 30.6 Å². The molecule has 2 aliphatic rings. The summed E-state index contributed by atoms with van der Waals surface area (Å²) in [6, 6.07) is 5.92. The Labute approximate surface area is 185 Å². The number of hydrogen-bond acceptors (Lipinski definition) is 6. The SMILES string of the molecule is N#Cc1c(NC(=O)/C=C/c2cccnc2)sc2c1CC[C@@H](COC(=O)N1CCCC1)C2. The number of nitrogens with zero attached hydrogens (tertiary/aromatic N) is 3. The van der Waals surface area contributed by atoms with E-state index in [0.29, 0.717) is 17.2 Å². The first kappa shape index (κ1) is 21.1. The maximum Gasteiger partial charge on any atom is 0.409 e. The van der Waals surface area contributed by atoms with Crippen LogP contribution in [0.5, 0.6) is 0 Å². The van der Waals surface area contributed by atoms with E-state index in [1.54, 1.807) is 29.4 Å². The molecule has 2 aromatic heterocycles. The largest absolute Gasteiger partial charge is 0.449 e. The summed E-state index contributed by atoms with van der Waals surface area (Å²) in [5.74, 6) is -0.0479. The van der Waals surface area contributed by atoms with Crippen LogP contribution in [0.25, 0.3) is 6.08 Å². The van der Waals surface area contributed by atoms with Gasteiger partial charge in [-0.15, -0.1) is 11.3 Å². The lowest BCUT2D eigenvalue weighted by molar-refractivity contribution is -0.111. The fourth-order valence-corrected chi connectivity index (χ4v) is 5.30. The van der Waals surface area contributed by atoms with Crippen molar-refractivity contribution in [1.82, 2.24) is 9.88 Å². The van der Waals surface area contributed by atoms with Crippen LogP contribution in [0.3, 0.4) is 0 Å². The number of amides is 2. The summed E-state index contributed by atoms with van der Waals surface area (Å²) in [7, 11) is 0. The summed E-state index contributed by atoms with van der Waals surface area (Å²) in [5.41, 5.74) is 2.40. The van der Waals surface area contributed by atoms with Gasteiger partial charge in [0, 0.05) is 36.4 Å². The van der Waals surface area contributed by atoms with Crippen LogP contribution in [0.4, 0.5) is 9.80 Å². The van der Waals surface area contributed by atoms with Crippen LogP contribution in [0.2, 0.25) is 0 Å². The zero-order valence-corrected chi connectivity index (χ0v) is 18.0. The van der Waals surface area contributed by atoms with Crippen molar-refractivity contribution in [3.63, 3.8) is 0 Å². The Hall–Kier alpha value is -3.18. The van der Waals surface area contributed by atoms with Crippen LogP contribution >= 0.6 is 11.3 Å². The Morgan fingerprint density at radius 2 is 2.23 bits per heavy atom. The van der Waals surface area contributed by atoms with Gasteiger partial charge in [0.05, 0.1) is 12.2 Å². The summed E-state index contributed by atoms with van der Waals surface area (Å²) >= 11 is 1.45. The van der Waals surface area contributed by atoms with Gasteiger partial charge in [0.2, 0.25) is 5.91 Å². The van der Waals surface area contributed by atoms with Gasteiger partial charge in [-0.05, 0) is 61.3 Å². The van der Waals surface area contributed by atoms with Crippen molar-refractivity contribution in [2.45, 2.75) is 32.1 Å². The molecule has 0 bridgehead atoms. The average Bonchev–Trinajstić information content (AvgIpc) is 3.44. The third-order valence-electron chi connectivity index (χ3n) is 5.63. The molecule has 0 saturated carbocycles. The number of carbonyl (C=O) groups excluding carboxylic acids is 2. The molecule has 1 aliphatic carbocycles. The Balaban J connectivity index is 1.37. The number of rotatable bonds is 5. The molecule has 7 nitrogen and oxygen atoms in total. The van der Waals surface area contributed by atoms with Crippen LogP contribution in [0.1, 0.15) is 40.8 Å². The molecule has 160 valence electrons. The molecule has 0 unspecified atom stereocenters. The van der Waals surface area contributed by atoms with Crippen molar-refractivity contribution in [3.05, 3.63) is 52.2 Å². The van der Waals surface area contributed by atoms with Gasteiger partial charge < -0.3 is 15.0 Å². The molecular formula is C23H24N4O3S. The first-order chi connectivity index (χ1) is 15.1. The van der Waals surface area contributed by atoms with Crippen molar-refractivity contribution in [1.29, 1.82) is 5.26 Å². The number of carbonyl (C=O) groups is 2. The highest BCUT2D eigenvalue weighted by Crippen LogP contribution is 2.39. The smallest absolute Gasteiger partial charge is 0.409 e. The molecule has 31 heavy (non-hydrogen) atoms. The monoisotopic (exact) mass is 436 g/mol. The normalized spacial score (nSPS) is 17.9. The second kappa shape index (κ2) is 9.75. The van der Waals surface area contributed by atoms with Crippen molar-refractivity contribution < 1.29 is 14.3 Å². The van der Waals surface area contributed by atoms with Gasteiger partial charge in [0.15, 0.2) is 0 Å². The van der Waals surface area contributed by atoms with E-state index < -0.39 is 0 Å². The number of anilines is 1. The van der Waals surface area contributed by atoms with Crippen LogP contribution in [-0.4, -0.2) is 41.6 Å². The van der Waals surface area contributed by atoms with Gasteiger partial charge in [-0.3, -0.25) is 9.78 Å². The van der Waals surface area contributed by atoms with Crippen molar-refractivity contribution >= 4 is 34.4 Å². The Morgan fingerprint density at radius 3 is 2.97 bits per heavy atom. The minimum Gasteiger partial charge on any atom is -0.449 e. The zero-order valence-electron chi connectivity index (χ0n) is 17.2. The lowest BCUT2D eigenvalue weighted by atomic mass is 9.88. The highest BCUT2D eigenvalue weighted by Gasteiger charge is 2.28. The molecule has 8 heteroatoms. The standard InChI is InChI=1S/C23H24N4O3S/c24-13-19-18-7-5-17(15-30-23(29)27-10-1-2-11-27)12-20(18)31-22(19)26-21(28)8-6-16-4-3-9-25-14-16/h3-4,6,8-9,14,17H,1-2,5,7,10-12,15H2,(H,26,28)/b8-6+/t17-/m1/s1. The van der Waals surface area contributed by atoms with E-state index in [0.717, 1.165) is 61.2 Å². The molecule has 1 fully saturated rings. The summed E-state index contributed by atoms with van der Waals surface area (Å²) in [6.07, 6.45) is 10.7. The third kappa shape index (κ3) is 5.12. The molecule has 1 atom stereocenters. The molecule has 1 aliphatic heterocycles. The fourth-order valence-electron chi connectivity index (χ4n) is 3.98. The Kier molecular flexibility index (Phi) is 6.63. The van der Waals surface area contributed by atoms with Gasteiger partial charge >= 0.3 is 6.09 Å². The number of pyridine rings is 1. The number of fused-ring (bicyclic) bond motifs is 1. The van der Waals surface area contributed by atoms with E-state index >= 15 is 0 Å². The van der Waals surface area contributed by atoms with Crippen LogP contribution in [0, 0.1) is 17.2 Å². The topological polar surface area (TPSA) is 95.3 Å². The van der Waals surface area contributed by atoms with Gasteiger partial charge in [0.1, 0.15) is 11.1 Å². The quantitative estimate of drug-likeness (QED) is 0.715. The highest BCUT2D eigenvalue weighted by molar-refractivity contribution is 7.16. The van der Waals surface area contributed by atoms with Crippen molar-refractivity contribution in [2.24, 2.45) is 5.92 Å². The van der Waals surface area contributed by atoms with E-state index in [2.05, 4.69) is 16.4 Å². The number of likely N-dealkylation sites (tertiary alicyclic amines) is 1. The Morgan fingerprint density at radius 1 is 1.39 bits per heavy atom. The maximum atomic E-state index is 12.4. The van der Waals surface area contributed by atoms with E-state index in [4.69, 9.17) is 4.74 Å². The minimum absolute atomic E-state index is 0.222. The van der Waals surface area contributed by atoms with Gasteiger partial charge in [0.25, 0.3) is 0 Å². The number of nitriles is 1. The summed E-state index contributed by atoms with van der Waals surface area (Å²) < 4.78 is 5.53. The fraction of sp³-hybridized carbons (Fsp3) is 0.391. The van der Waals surface area contributed by atoms with Crippen LogP contribution < -0.4 is 5.32 Å². The van der Waals surface area contributed by atoms with E-state index in [1.165, 1.54) is 17.4 Å². The van der Waals surface area contributed by atoms with Crippen molar-refractivity contribution in [2.75, 3.05) is 25.0 Å². The molecule has 2 aromatic rings. The number of hydrogen-bond donors (Lipinski definition) is 1. The van der Waals surface area contributed by atoms with Gasteiger partial charge in [-0.2, -0.15) is 5.26 Å². The lowest BCUT2D eigenvalue weighted by Gasteiger charge is -2.23. The molecule has 4 rings (SSSR count). The number of aromatic nitrogens is 1. The maximum absolute atomic E-state index is 12.4. The molecule has 0 spiro atoms. The summed E-state index contributed by atoms with van der Waals surface area (Å²) in [4.78, 5) is 31.4. The minimum atomic E-state index is -0.282. The molecule has 3 heterocycles. The van der Waals surface area contributed by atoms with E-state index in [1.807, 2.05) is 6.07 Å². The Bertz CT molecular complexity index is 1020. The molecule has 1 saturated heterocycles. The number of thiophene rings is 1. The second-order valence-corrected chi connectivity index (χ2v) is 8.91. The van der Waals surface area contributed by atoms with Gasteiger partial charge in [-0.1, -0.05) is 6.07 Å². The predicted octanol–water partition coefficient (Wildman–Crippen LogP) is 4.00.